The molecule has 7 heteroatoms. The molecule has 0 unspecified atom stereocenters. The lowest BCUT2D eigenvalue weighted by Crippen LogP contribution is -1.99. The van der Waals surface area contributed by atoms with Crippen LogP contribution >= 0.6 is 0 Å². The van der Waals surface area contributed by atoms with E-state index in [-0.39, 0.29) is 5.69 Å². The van der Waals surface area contributed by atoms with Gasteiger partial charge in [-0.2, -0.15) is 20.5 Å². The smallest absolute Gasteiger partial charge is 0.358 e. The molecule has 0 atom stereocenters. The first-order valence-electron chi connectivity index (χ1n) is 8.05. The van der Waals surface area contributed by atoms with Gasteiger partial charge >= 0.3 is 5.97 Å². The minimum Gasteiger partial charge on any atom is -0.476 e. The van der Waals surface area contributed by atoms with Crippen LogP contribution in [0.25, 0.3) is 28.0 Å². The van der Waals surface area contributed by atoms with Gasteiger partial charge in [-0.05, 0) is 29.2 Å². The molecule has 26 heavy (non-hydrogen) atoms. The van der Waals surface area contributed by atoms with E-state index in [1.165, 1.54) is 0 Å². The largest absolute Gasteiger partial charge is 0.476 e. The van der Waals surface area contributed by atoms with Gasteiger partial charge in [0.15, 0.2) is 5.69 Å². The molecule has 0 bridgehead atoms. The zero-order chi connectivity index (χ0) is 18.1. The van der Waals surface area contributed by atoms with Gasteiger partial charge in [0, 0.05) is 11.1 Å². The number of nitrogens with zero attached hydrogens (tertiary/aromatic N) is 4. The lowest BCUT2D eigenvalue weighted by atomic mass is 9.95. The maximum absolute atomic E-state index is 11.2. The number of carbonyl (C=O) groups is 1. The zero-order valence-electron chi connectivity index (χ0n) is 14.0. The molecule has 1 aliphatic heterocycles. The van der Waals surface area contributed by atoms with Gasteiger partial charge in [-0.25, -0.2) is 4.79 Å². The van der Waals surface area contributed by atoms with Crippen molar-refractivity contribution in [2.24, 2.45) is 10.2 Å². The Kier molecular flexibility index (Phi) is 3.89. The van der Waals surface area contributed by atoms with E-state index in [1.54, 1.807) is 6.20 Å². The van der Waals surface area contributed by atoms with Crippen LogP contribution in [-0.4, -0.2) is 33.0 Å². The van der Waals surface area contributed by atoms with E-state index in [4.69, 9.17) is 5.11 Å². The van der Waals surface area contributed by atoms with Crippen LogP contribution in [0.4, 0.5) is 0 Å². The molecule has 0 amide bonds. The van der Waals surface area contributed by atoms with Crippen LogP contribution in [-0.2, 0) is 0 Å². The fraction of sp³-hybridized carbons (Fsp3) is 0.105. The molecule has 4 rings (SSSR count). The predicted molar refractivity (Wildman–Crippen MR) is 96.7 cm³/mol. The van der Waals surface area contributed by atoms with Gasteiger partial charge in [-0.1, -0.05) is 42.5 Å². The number of azo groups is 1. The fourth-order valence-corrected chi connectivity index (χ4v) is 3.03. The van der Waals surface area contributed by atoms with Crippen molar-refractivity contribution < 1.29 is 9.90 Å². The molecule has 2 heterocycles. The highest BCUT2D eigenvalue weighted by Crippen LogP contribution is 2.29. The molecular weight excluding hydrogens is 330 g/mol. The van der Waals surface area contributed by atoms with Crippen molar-refractivity contribution in [1.82, 2.24) is 15.4 Å². The number of carboxylic acids is 1. The number of nitrogens with one attached hydrogen (secondary N) is 1. The number of benzene rings is 2. The van der Waals surface area contributed by atoms with E-state index >= 15 is 0 Å². The Hall–Kier alpha value is -3.61. The number of aryl methyl sites for hydroxylation is 1. The molecule has 2 N–H and O–H groups in total. The molecule has 128 valence electrons. The minimum atomic E-state index is -1.11. The van der Waals surface area contributed by atoms with Crippen LogP contribution in [0.3, 0.4) is 0 Å². The topological polar surface area (TPSA) is 104 Å². The van der Waals surface area contributed by atoms with Gasteiger partial charge in [0.05, 0.1) is 12.7 Å². The third kappa shape index (κ3) is 2.79. The summed E-state index contributed by atoms with van der Waals surface area (Å²) in [6.07, 6.45) is 1.80. The number of aromatic amines is 1. The Morgan fingerprint density at radius 3 is 2.42 bits per heavy atom. The number of aromatic carboxylic acids is 1. The molecule has 0 radical (unpaired) electrons. The monoisotopic (exact) mass is 345 g/mol. The SMILES string of the molecule is Cc1cc(-c2ccc(-c3n[nH]nc3C(=O)O)cc2)ccc1C1=CN=NC1. The molecule has 0 saturated heterocycles. The van der Waals surface area contributed by atoms with Gasteiger partial charge in [-0.15, -0.1) is 5.10 Å². The molecular formula is C19H15N5O2. The highest BCUT2D eigenvalue weighted by atomic mass is 16.4. The lowest BCUT2D eigenvalue weighted by Gasteiger charge is -2.09. The van der Waals surface area contributed by atoms with Crippen molar-refractivity contribution in [3.05, 3.63) is 65.5 Å². The first kappa shape index (κ1) is 15.9. The van der Waals surface area contributed by atoms with Crippen LogP contribution in [0, 0.1) is 6.92 Å². The van der Waals surface area contributed by atoms with Gasteiger partial charge in [0.2, 0.25) is 0 Å². The number of rotatable bonds is 4. The minimum absolute atomic E-state index is 0.0846. The maximum atomic E-state index is 11.2. The quantitative estimate of drug-likeness (QED) is 0.747. The average Bonchev–Trinajstić information content (AvgIpc) is 3.33. The number of aromatic nitrogens is 3. The summed E-state index contributed by atoms with van der Waals surface area (Å²) in [6.45, 7) is 2.69. The van der Waals surface area contributed by atoms with E-state index < -0.39 is 5.97 Å². The summed E-state index contributed by atoms with van der Waals surface area (Å²) in [5.74, 6) is -1.11. The standard InChI is InChI=1S/C19H15N5O2/c1-11-8-14(6-7-16(11)15-9-20-21-10-15)12-2-4-13(5-3-12)17-18(19(25)26)23-24-22-17/h2-9H,10H2,1H3,(H,25,26)(H,22,23,24). The summed E-state index contributed by atoms with van der Waals surface area (Å²) in [5, 5.41) is 27.0. The van der Waals surface area contributed by atoms with Gasteiger partial charge in [0.1, 0.15) is 5.69 Å². The molecule has 1 aromatic heterocycles. The first-order chi connectivity index (χ1) is 12.6. The fourth-order valence-electron chi connectivity index (χ4n) is 3.03. The van der Waals surface area contributed by atoms with E-state index in [0.717, 1.165) is 27.8 Å². The first-order valence-corrected chi connectivity index (χ1v) is 8.05. The third-order valence-electron chi connectivity index (χ3n) is 4.35. The average molecular weight is 345 g/mol. The second-order valence-corrected chi connectivity index (χ2v) is 6.00. The summed E-state index contributed by atoms with van der Waals surface area (Å²) < 4.78 is 0. The van der Waals surface area contributed by atoms with Crippen LogP contribution in [0.5, 0.6) is 0 Å². The second kappa shape index (κ2) is 6.36. The number of carboxylic acid groups (broad SMARTS) is 1. The van der Waals surface area contributed by atoms with E-state index in [1.807, 2.05) is 24.3 Å². The van der Waals surface area contributed by atoms with Crippen LogP contribution < -0.4 is 0 Å². The number of hydrogen-bond acceptors (Lipinski definition) is 5. The summed E-state index contributed by atoms with van der Waals surface area (Å²) in [7, 11) is 0. The maximum Gasteiger partial charge on any atom is 0.358 e. The second-order valence-electron chi connectivity index (χ2n) is 6.00. The molecule has 0 saturated carbocycles. The Morgan fingerprint density at radius 2 is 1.77 bits per heavy atom. The Balaban J connectivity index is 1.64. The molecule has 1 aliphatic rings. The van der Waals surface area contributed by atoms with Crippen LogP contribution in [0.2, 0.25) is 0 Å². The Bertz CT molecular complexity index is 1050. The van der Waals surface area contributed by atoms with Gasteiger partial charge < -0.3 is 5.11 Å². The highest BCUT2D eigenvalue weighted by molar-refractivity contribution is 5.92. The zero-order valence-corrected chi connectivity index (χ0v) is 14.0. The summed E-state index contributed by atoms with van der Waals surface area (Å²) in [6, 6.07) is 13.9. The molecule has 7 nitrogen and oxygen atoms in total. The van der Waals surface area contributed by atoms with E-state index in [2.05, 4.69) is 50.8 Å². The van der Waals surface area contributed by atoms with Crippen LogP contribution in [0.15, 0.2) is 58.9 Å². The summed E-state index contributed by atoms with van der Waals surface area (Å²) in [4.78, 5) is 11.2. The summed E-state index contributed by atoms with van der Waals surface area (Å²) >= 11 is 0. The summed E-state index contributed by atoms with van der Waals surface area (Å²) in [5.41, 5.74) is 6.51. The number of hydrogen-bond donors (Lipinski definition) is 2. The Morgan fingerprint density at radius 1 is 1.04 bits per heavy atom. The Labute approximate surface area is 149 Å². The molecule has 2 aromatic carbocycles. The van der Waals surface area contributed by atoms with Gasteiger partial charge in [-0.3, -0.25) is 0 Å². The molecule has 0 aliphatic carbocycles. The van der Waals surface area contributed by atoms with E-state index in [9.17, 15) is 4.79 Å². The van der Waals surface area contributed by atoms with Crippen molar-refractivity contribution in [3.63, 3.8) is 0 Å². The van der Waals surface area contributed by atoms with Crippen molar-refractivity contribution >= 4 is 11.5 Å². The molecule has 0 fully saturated rings. The van der Waals surface area contributed by atoms with Crippen molar-refractivity contribution in [3.8, 4) is 22.4 Å². The normalized spacial score (nSPS) is 13.0. The van der Waals surface area contributed by atoms with Gasteiger partial charge in [0.25, 0.3) is 0 Å². The van der Waals surface area contributed by atoms with Crippen molar-refractivity contribution in [1.29, 1.82) is 0 Å². The van der Waals surface area contributed by atoms with E-state index in [0.29, 0.717) is 17.8 Å². The predicted octanol–water partition coefficient (Wildman–Crippen LogP) is 3.95. The van der Waals surface area contributed by atoms with Crippen molar-refractivity contribution in [2.75, 3.05) is 6.54 Å². The lowest BCUT2D eigenvalue weighted by molar-refractivity contribution is 0.0691. The van der Waals surface area contributed by atoms with Crippen LogP contribution in [0.1, 0.15) is 21.6 Å². The third-order valence-corrected chi connectivity index (χ3v) is 4.35. The molecule has 3 aromatic rings. The van der Waals surface area contributed by atoms with Crippen molar-refractivity contribution in [2.45, 2.75) is 6.92 Å². The number of H-pyrrole nitrogens is 1. The highest BCUT2D eigenvalue weighted by Gasteiger charge is 2.16. The molecule has 0 spiro atoms.